The Labute approximate surface area is 116 Å². The van der Waals surface area contributed by atoms with Gasteiger partial charge in [-0.25, -0.2) is 0 Å². The van der Waals surface area contributed by atoms with Crippen molar-refractivity contribution >= 4 is 55.1 Å². The van der Waals surface area contributed by atoms with Gasteiger partial charge in [0, 0.05) is 0 Å². The molecule has 0 aromatic carbocycles. The minimum Gasteiger partial charge on any atom is -0.481 e. The van der Waals surface area contributed by atoms with E-state index in [0.717, 1.165) is 0 Å². The topological polar surface area (TPSA) is 112 Å². The summed E-state index contributed by atoms with van der Waals surface area (Å²) in [5, 5.41) is 26.3. The van der Waals surface area contributed by atoms with Gasteiger partial charge in [-0.1, -0.05) is 6.42 Å². The Balaban J connectivity index is -0.000000653. The van der Waals surface area contributed by atoms with E-state index in [0.29, 0.717) is 6.42 Å². The SMILES string of the molecule is Cl.Cl.Cl.O=C(O)C1CCCC1(C(=O)O)C(=O)O. The summed E-state index contributed by atoms with van der Waals surface area (Å²) >= 11 is 0. The van der Waals surface area contributed by atoms with Crippen LogP contribution in [0.4, 0.5) is 0 Å². The van der Waals surface area contributed by atoms with E-state index in [4.69, 9.17) is 15.3 Å². The minimum absolute atomic E-state index is 0. The van der Waals surface area contributed by atoms with Crippen molar-refractivity contribution in [2.45, 2.75) is 19.3 Å². The van der Waals surface area contributed by atoms with Gasteiger partial charge in [0.1, 0.15) is 0 Å². The Morgan fingerprint density at radius 2 is 1.35 bits per heavy atom. The second-order valence-corrected chi connectivity index (χ2v) is 3.36. The van der Waals surface area contributed by atoms with E-state index in [1.807, 2.05) is 0 Å². The molecule has 0 spiro atoms. The van der Waals surface area contributed by atoms with Crippen LogP contribution in [0.5, 0.6) is 0 Å². The zero-order valence-corrected chi connectivity index (χ0v) is 10.9. The molecule has 17 heavy (non-hydrogen) atoms. The lowest BCUT2D eigenvalue weighted by atomic mass is 9.78. The van der Waals surface area contributed by atoms with Crippen LogP contribution >= 0.6 is 37.2 Å². The van der Waals surface area contributed by atoms with Crippen LogP contribution in [0.15, 0.2) is 0 Å². The van der Waals surface area contributed by atoms with Crippen LogP contribution in [-0.2, 0) is 14.4 Å². The second kappa shape index (κ2) is 7.58. The third kappa shape index (κ3) is 3.37. The fourth-order valence-electron chi connectivity index (χ4n) is 1.94. The molecule has 1 aliphatic rings. The lowest BCUT2D eigenvalue weighted by Gasteiger charge is -2.23. The molecule has 1 unspecified atom stereocenters. The van der Waals surface area contributed by atoms with E-state index >= 15 is 0 Å². The summed E-state index contributed by atoms with van der Waals surface area (Å²) in [4.78, 5) is 32.4. The fourth-order valence-corrected chi connectivity index (χ4v) is 1.94. The van der Waals surface area contributed by atoms with E-state index in [1.165, 1.54) is 0 Å². The molecule has 9 heteroatoms. The van der Waals surface area contributed by atoms with Gasteiger partial charge in [-0.3, -0.25) is 14.4 Å². The quantitative estimate of drug-likeness (QED) is 0.677. The van der Waals surface area contributed by atoms with Crippen LogP contribution in [0.25, 0.3) is 0 Å². The largest absolute Gasteiger partial charge is 0.481 e. The summed E-state index contributed by atoms with van der Waals surface area (Å²) in [6.45, 7) is 0. The molecule has 1 rings (SSSR count). The van der Waals surface area contributed by atoms with Crippen molar-refractivity contribution < 1.29 is 29.7 Å². The number of hydrogen-bond donors (Lipinski definition) is 3. The van der Waals surface area contributed by atoms with Crippen molar-refractivity contribution in [2.75, 3.05) is 0 Å². The van der Waals surface area contributed by atoms with Gasteiger partial charge in [-0.2, -0.15) is 0 Å². The molecule has 0 heterocycles. The van der Waals surface area contributed by atoms with Gasteiger partial charge in [0.15, 0.2) is 5.41 Å². The fraction of sp³-hybridized carbons (Fsp3) is 0.625. The van der Waals surface area contributed by atoms with E-state index in [2.05, 4.69) is 0 Å². The van der Waals surface area contributed by atoms with Gasteiger partial charge in [-0.15, -0.1) is 37.2 Å². The maximum Gasteiger partial charge on any atom is 0.321 e. The maximum atomic E-state index is 10.8. The highest BCUT2D eigenvalue weighted by Crippen LogP contribution is 2.44. The number of carboxylic acid groups (broad SMARTS) is 3. The van der Waals surface area contributed by atoms with Crippen LogP contribution in [0.2, 0.25) is 0 Å². The first-order valence-electron chi connectivity index (χ1n) is 4.12. The number of aliphatic carboxylic acids is 3. The third-order valence-electron chi connectivity index (χ3n) is 2.72. The predicted molar refractivity (Wildman–Crippen MR) is 64.4 cm³/mol. The standard InChI is InChI=1S/C8H10O6.3ClH/c9-5(10)4-2-1-3-8(4,6(11)12)7(13)14;;;/h4H,1-3H2,(H,9,10)(H,11,12)(H,13,14);3*1H. The van der Waals surface area contributed by atoms with E-state index in [1.54, 1.807) is 0 Å². The lowest BCUT2D eigenvalue weighted by Crippen LogP contribution is -2.45. The lowest BCUT2D eigenvalue weighted by molar-refractivity contribution is -0.173. The van der Waals surface area contributed by atoms with Crippen LogP contribution in [0.3, 0.4) is 0 Å². The summed E-state index contributed by atoms with van der Waals surface area (Å²) in [6.07, 6.45) is 0.304. The van der Waals surface area contributed by atoms with Gasteiger partial charge < -0.3 is 15.3 Å². The van der Waals surface area contributed by atoms with Gasteiger partial charge in [-0.05, 0) is 12.8 Å². The molecule has 102 valence electrons. The molecule has 1 atom stereocenters. The molecule has 1 fully saturated rings. The monoisotopic (exact) mass is 310 g/mol. The van der Waals surface area contributed by atoms with Crippen LogP contribution in [-0.4, -0.2) is 33.2 Å². The zero-order valence-electron chi connectivity index (χ0n) is 8.49. The molecule has 0 radical (unpaired) electrons. The van der Waals surface area contributed by atoms with Crippen molar-refractivity contribution in [3.8, 4) is 0 Å². The highest BCUT2D eigenvalue weighted by atomic mass is 35.5. The number of halogens is 3. The highest BCUT2D eigenvalue weighted by Gasteiger charge is 2.58. The number of hydrogen-bond acceptors (Lipinski definition) is 3. The van der Waals surface area contributed by atoms with Gasteiger partial charge >= 0.3 is 17.9 Å². The summed E-state index contributed by atoms with van der Waals surface area (Å²) in [6, 6.07) is 0. The molecule has 1 aliphatic carbocycles. The Morgan fingerprint density at radius 1 is 0.941 bits per heavy atom. The Bertz CT molecular complexity index is 292. The average Bonchev–Trinajstić information content (AvgIpc) is 2.47. The molecule has 0 aromatic heterocycles. The summed E-state index contributed by atoms with van der Waals surface area (Å²) in [5.41, 5.74) is -2.13. The molecular formula is C8H13Cl3O6. The van der Waals surface area contributed by atoms with Gasteiger partial charge in [0.25, 0.3) is 0 Å². The number of carbonyl (C=O) groups is 3. The first-order valence-corrected chi connectivity index (χ1v) is 4.12. The second-order valence-electron chi connectivity index (χ2n) is 3.36. The first-order chi connectivity index (χ1) is 6.43. The molecule has 0 saturated heterocycles. The normalized spacial score (nSPS) is 20.1. The Kier molecular flexibility index (Phi) is 9.61. The summed E-state index contributed by atoms with van der Waals surface area (Å²) in [5.74, 6) is -5.80. The highest BCUT2D eigenvalue weighted by molar-refractivity contribution is 6.02. The van der Waals surface area contributed by atoms with Crippen LogP contribution in [0.1, 0.15) is 19.3 Å². The summed E-state index contributed by atoms with van der Waals surface area (Å²) < 4.78 is 0. The van der Waals surface area contributed by atoms with E-state index in [9.17, 15) is 14.4 Å². The van der Waals surface area contributed by atoms with Crippen molar-refractivity contribution in [1.82, 2.24) is 0 Å². The molecule has 3 N–H and O–H groups in total. The van der Waals surface area contributed by atoms with Crippen molar-refractivity contribution in [1.29, 1.82) is 0 Å². The maximum absolute atomic E-state index is 10.8. The molecule has 0 bridgehead atoms. The molecular weight excluding hydrogens is 298 g/mol. The van der Waals surface area contributed by atoms with E-state index in [-0.39, 0.29) is 50.1 Å². The number of rotatable bonds is 3. The molecule has 1 saturated carbocycles. The van der Waals surface area contributed by atoms with Crippen molar-refractivity contribution in [2.24, 2.45) is 11.3 Å². The van der Waals surface area contributed by atoms with Gasteiger partial charge in [0.05, 0.1) is 5.92 Å². The van der Waals surface area contributed by atoms with Crippen molar-refractivity contribution in [3.63, 3.8) is 0 Å². The molecule has 0 aliphatic heterocycles. The van der Waals surface area contributed by atoms with Crippen molar-refractivity contribution in [3.05, 3.63) is 0 Å². The average molecular weight is 312 g/mol. The third-order valence-corrected chi connectivity index (χ3v) is 2.72. The zero-order chi connectivity index (χ0) is 10.9. The van der Waals surface area contributed by atoms with Crippen LogP contribution < -0.4 is 0 Å². The predicted octanol–water partition coefficient (Wildman–Crippen LogP) is 1.29. The molecule has 6 nitrogen and oxygen atoms in total. The Morgan fingerprint density at radius 3 is 1.59 bits per heavy atom. The molecule has 0 amide bonds. The van der Waals surface area contributed by atoms with Gasteiger partial charge in [0.2, 0.25) is 0 Å². The van der Waals surface area contributed by atoms with Crippen LogP contribution in [0, 0.1) is 11.3 Å². The number of carboxylic acids is 3. The Hall–Kier alpha value is -0.720. The minimum atomic E-state index is -2.13. The summed E-state index contributed by atoms with van der Waals surface area (Å²) in [7, 11) is 0. The van der Waals surface area contributed by atoms with E-state index < -0.39 is 29.2 Å². The first kappa shape index (κ1) is 21.6. The molecule has 0 aromatic rings. The smallest absolute Gasteiger partial charge is 0.321 e.